The molecule has 0 amide bonds. The van der Waals surface area contributed by atoms with Crippen LogP contribution in [0.1, 0.15) is 5.56 Å². The Morgan fingerprint density at radius 2 is 1.64 bits per heavy atom. The van der Waals surface area contributed by atoms with Gasteiger partial charge < -0.3 is 13.5 Å². The van der Waals surface area contributed by atoms with Gasteiger partial charge in [0.05, 0.1) is 6.20 Å². The van der Waals surface area contributed by atoms with Crippen molar-refractivity contribution in [2.75, 3.05) is 6.61 Å². The molecule has 0 atom stereocenters. The number of benzene rings is 2. The summed E-state index contributed by atoms with van der Waals surface area (Å²) in [7, 11) is -5.16. The van der Waals surface area contributed by atoms with E-state index in [1.165, 1.54) is 18.2 Å². The Labute approximate surface area is 229 Å². The molecule has 2 aromatic carbocycles. The van der Waals surface area contributed by atoms with Crippen molar-refractivity contribution in [1.29, 1.82) is 0 Å². The zero-order chi connectivity index (χ0) is 27.6. The van der Waals surface area contributed by atoms with E-state index < -0.39 is 18.2 Å². The molecule has 0 saturated heterocycles. The van der Waals surface area contributed by atoms with Crippen molar-refractivity contribution in [2.24, 2.45) is 0 Å². The molecule has 0 unspecified atom stereocenters. The molecule has 9 nitrogen and oxygen atoms in total. The smallest absolute Gasteiger partial charge is 0.340 e. The summed E-state index contributed by atoms with van der Waals surface area (Å²) in [5.41, 5.74) is 4.02. The summed E-state index contributed by atoms with van der Waals surface area (Å²) < 4.78 is 40.3. The highest BCUT2D eigenvalue weighted by Gasteiger charge is 2.19. The van der Waals surface area contributed by atoms with E-state index in [1.54, 1.807) is 35.2 Å². The van der Waals surface area contributed by atoms with Crippen LogP contribution in [0.15, 0.2) is 84.3 Å². The summed E-state index contributed by atoms with van der Waals surface area (Å²) in [5, 5.41) is 4.36. The first-order valence-corrected chi connectivity index (χ1v) is 17.8. The average Bonchev–Trinajstić information content (AvgIpc) is 3.53. The molecule has 0 bridgehead atoms. The third-order valence-corrected chi connectivity index (χ3v) is 9.19. The van der Waals surface area contributed by atoms with Gasteiger partial charge in [-0.25, -0.2) is 9.50 Å². The predicted molar refractivity (Wildman–Crippen MR) is 153 cm³/mol. The number of ether oxygens (including phenoxy) is 1. The summed E-state index contributed by atoms with van der Waals surface area (Å²) in [6.07, 6.45) is 7.01. The van der Waals surface area contributed by atoms with Gasteiger partial charge in [-0.15, -0.1) is 0 Å². The van der Waals surface area contributed by atoms with Crippen LogP contribution in [0.3, 0.4) is 0 Å². The summed E-state index contributed by atoms with van der Waals surface area (Å²) in [6.45, 7) is 10.1. The molecule has 0 aliphatic heterocycles. The number of fused-ring (bicyclic) bond motifs is 1. The Bertz CT molecular complexity index is 1690. The van der Waals surface area contributed by atoms with Gasteiger partial charge >= 0.3 is 10.1 Å². The molecule has 0 aliphatic rings. The summed E-state index contributed by atoms with van der Waals surface area (Å²) >= 11 is 0. The lowest BCUT2D eigenvalue weighted by Gasteiger charge is -2.16. The maximum Gasteiger partial charge on any atom is 0.340 e. The molecule has 39 heavy (non-hydrogen) atoms. The van der Waals surface area contributed by atoms with Crippen molar-refractivity contribution < 1.29 is 17.3 Å². The largest absolute Gasteiger partial charge is 0.361 e. The Morgan fingerprint density at radius 1 is 0.923 bits per heavy atom. The van der Waals surface area contributed by atoms with E-state index in [4.69, 9.17) is 8.92 Å². The minimum Gasteiger partial charge on any atom is -0.361 e. The standard InChI is InChI=1S/C28H31N5O4SSi/c1-21-5-11-24(12-6-21)38(34,35)37-26-13-15-33-28(31-26)25(19-30-33)22-7-9-23(10-8-22)27-29-14-16-32(27)20-36-17-18-39(2,3)4/h5-16,19H,17-18,20H2,1-4H3. The third-order valence-electron chi connectivity index (χ3n) is 6.24. The number of rotatable bonds is 10. The lowest BCUT2D eigenvalue weighted by atomic mass is 10.1. The summed E-state index contributed by atoms with van der Waals surface area (Å²) in [4.78, 5) is 9.04. The molecule has 0 fully saturated rings. The van der Waals surface area contributed by atoms with E-state index in [1.807, 2.05) is 42.0 Å². The fourth-order valence-corrected chi connectivity index (χ4v) is 5.62. The topological polar surface area (TPSA) is 101 Å². The molecule has 11 heteroatoms. The van der Waals surface area contributed by atoms with Gasteiger partial charge in [0.2, 0.25) is 5.88 Å². The molecule has 3 heterocycles. The molecular weight excluding hydrogens is 530 g/mol. The van der Waals surface area contributed by atoms with Gasteiger partial charge in [0, 0.05) is 50.5 Å². The van der Waals surface area contributed by atoms with Crippen molar-refractivity contribution in [3.63, 3.8) is 0 Å². The van der Waals surface area contributed by atoms with E-state index >= 15 is 0 Å². The zero-order valence-corrected chi connectivity index (χ0v) is 24.2. The van der Waals surface area contributed by atoms with Crippen LogP contribution in [0.4, 0.5) is 0 Å². The van der Waals surface area contributed by atoms with Gasteiger partial charge in [-0.3, -0.25) is 0 Å². The van der Waals surface area contributed by atoms with E-state index in [2.05, 4.69) is 34.7 Å². The maximum atomic E-state index is 12.7. The Balaban J connectivity index is 1.34. The Kier molecular flexibility index (Phi) is 7.39. The van der Waals surface area contributed by atoms with E-state index in [9.17, 15) is 8.42 Å². The second-order valence-corrected chi connectivity index (χ2v) is 17.8. The molecule has 0 aliphatic carbocycles. The Hall–Kier alpha value is -3.80. The number of hydrogen-bond donors (Lipinski definition) is 0. The molecule has 0 saturated carbocycles. The van der Waals surface area contributed by atoms with Crippen molar-refractivity contribution in [3.05, 3.63) is 84.9 Å². The highest BCUT2D eigenvalue weighted by Crippen LogP contribution is 2.28. The van der Waals surface area contributed by atoms with Crippen LogP contribution in [0.5, 0.6) is 5.88 Å². The van der Waals surface area contributed by atoms with E-state index in [0.29, 0.717) is 12.4 Å². The molecule has 0 spiro atoms. The zero-order valence-electron chi connectivity index (χ0n) is 22.4. The van der Waals surface area contributed by atoms with Crippen LogP contribution < -0.4 is 4.18 Å². The van der Waals surface area contributed by atoms with Crippen LogP contribution in [-0.4, -0.2) is 47.2 Å². The molecule has 0 radical (unpaired) electrons. The van der Waals surface area contributed by atoms with Gasteiger partial charge in [-0.2, -0.15) is 18.5 Å². The summed E-state index contributed by atoms with van der Waals surface area (Å²) in [5.74, 6) is 0.794. The van der Waals surface area contributed by atoms with Crippen molar-refractivity contribution in [1.82, 2.24) is 24.1 Å². The predicted octanol–water partition coefficient (Wildman–Crippen LogP) is 5.65. The minimum atomic E-state index is -4.02. The normalized spacial score (nSPS) is 12.2. The number of imidazole rings is 1. The first-order valence-electron chi connectivity index (χ1n) is 12.6. The first kappa shape index (κ1) is 26.8. The molecule has 202 valence electrons. The van der Waals surface area contributed by atoms with Gasteiger partial charge in [0.25, 0.3) is 0 Å². The van der Waals surface area contributed by atoms with E-state index in [-0.39, 0.29) is 10.8 Å². The fraction of sp³-hybridized carbons (Fsp3) is 0.250. The fourth-order valence-electron chi connectivity index (χ4n) is 3.98. The van der Waals surface area contributed by atoms with Crippen LogP contribution >= 0.6 is 0 Å². The third kappa shape index (κ3) is 6.27. The van der Waals surface area contributed by atoms with Crippen LogP contribution in [-0.2, 0) is 21.6 Å². The number of nitrogens with zero attached hydrogens (tertiary/aromatic N) is 5. The quantitative estimate of drug-likeness (QED) is 0.123. The lowest BCUT2D eigenvalue weighted by Crippen LogP contribution is -2.22. The van der Waals surface area contributed by atoms with Crippen molar-refractivity contribution in [3.8, 4) is 28.4 Å². The van der Waals surface area contributed by atoms with Crippen LogP contribution in [0.25, 0.3) is 28.2 Å². The molecule has 0 N–H and O–H groups in total. The minimum absolute atomic E-state index is 0.0300. The second-order valence-electron chi connectivity index (χ2n) is 10.6. The average molecular weight is 562 g/mol. The Morgan fingerprint density at radius 3 is 2.36 bits per heavy atom. The summed E-state index contributed by atoms with van der Waals surface area (Å²) in [6, 6.07) is 17.0. The van der Waals surface area contributed by atoms with Crippen LogP contribution in [0.2, 0.25) is 25.7 Å². The highest BCUT2D eigenvalue weighted by atomic mass is 32.2. The second kappa shape index (κ2) is 10.8. The molecule has 5 aromatic rings. The number of aryl methyl sites for hydroxylation is 1. The highest BCUT2D eigenvalue weighted by molar-refractivity contribution is 7.87. The number of hydrogen-bond acceptors (Lipinski definition) is 7. The molecule has 3 aromatic heterocycles. The van der Waals surface area contributed by atoms with Gasteiger partial charge in [-0.05, 0) is 30.7 Å². The van der Waals surface area contributed by atoms with Crippen LogP contribution in [0, 0.1) is 6.92 Å². The monoisotopic (exact) mass is 561 g/mol. The van der Waals surface area contributed by atoms with E-state index in [0.717, 1.165) is 40.7 Å². The maximum absolute atomic E-state index is 12.7. The molecular formula is C28H31N5O4SSi. The molecule has 5 rings (SSSR count). The van der Waals surface area contributed by atoms with Crippen molar-refractivity contribution >= 4 is 23.8 Å². The number of aromatic nitrogens is 5. The van der Waals surface area contributed by atoms with Gasteiger partial charge in [0.1, 0.15) is 17.5 Å². The lowest BCUT2D eigenvalue weighted by molar-refractivity contribution is 0.0883. The van der Waals surface area contributed by atoms with Crippen molar-refractivity contribution in [2.45, 2.75) is 44.2 Å². The first-order chi connectivity index (χ1) is 18.6. The van der Waals surface area contributed by atoms with Gasteiger partial charge in [-0.1, -0.05) is 61.6 Å². The SMILES string of the molecule is Cc1ccc(S(=O)(=O)Oc2ccn3ncc(-c4ccc(-c5nccn5COCC[Si](C)(C)C)cc4)c3n2)cc1. The van der Waals surface area contributed by atoms with Gasteiger partial charge in [0.15, 0.2) is 5.65 Å².